The van der Waals surface area contributed by atoms with Crippen molar-refractivity contribution in [3.8, 4) is 0 Å². The van der Waals surface area contributed by atoms with Crippen LogP contribution >= 0.6 is 0 Å². The van der Waals surface area contributed by atoms with E-state index in [1.165, 1.54) is 19.1 Å². The molecule has 2 heterocycles. The number of rotatable bonds is 13. The monoisotopic (exact) mass is 735 g/mol. The zero-order valence-electron chi connectivity index (χ0n) is 30.7. The fourth-order valence-electron chi connectivity index (χ4n) is 6.33. The molecule has 2 aromatic carbocycles. The van der Waals surface area contributed by atoms with Crippen LogP contribution in [0.1, 0.15) is 63.2 Å². The van der Waals surface area contributed by atoms with Crippen LogP contribution in [0.25, 0.3) is 0 Å². The maximum Gasteiger partial charge on any atom is 0.407 e. The van der Waals surface area contributed by atoms with Crippen molar-refractivity contribution in [2.24, 2.45) is 11.8 Å². The smallest absolute Gasteiger partial charge is 0.407 e. The maximum absolute atomic E-state index is 13.3. The molecule has 0 radical (unpaired) electrons. The number of carbonyl (C=O) groups excluding carboxylic acids is 7. The minimum absolute atomic E-state index is 0.141. The molecule has 4 rings (SSSR count). The molecule has 2 aliphatic heterocycles. The summed E-state index contributed by atoms with van der Waals surface area (Å²) >= 11 is 0. The summed E-state index contributed by atoms with van der Waals surface area (Å²) in [5.74, 6) is -1.93. The van der Waals surface area contributed by atoms with E-state index in [4.69, 9.17) is 0 Å². The van der Waals surface area contributed by atoms with Crippen LogP contribution in [-0.2, 0) is 28.7 Å². The second-order valence-corrected chi connectivity index (χ2v) is 13.6. The lowest BCUT2D eigenvalue weighted by Gasteiger charge is -2.30. The number of likely N-dealkylation sites (tertiary alicyclic amines) is 2. The van der Waals surface area contributed by atoms with Crippen molar-refractivity contribution in [3.63, 3.8) is 0 Å². The summed E-state index contributed by atoms with van der Waals surface area (Å²) in [5, 5.41) is 13.6. The van der Waals surface area contributed by atoms with Crippen LogP contribution in [0, 0.1) is 11.8 Å². The van der Waals surface area contributed by atoms with Crippen LogP contribution in [0.5, 0.6) is 0 Å². The van der Waals surface area contributed by atoms with Gasteiger partial charge in [-0.05, 0) is 86.1 Å². The van der Waals surface area contributed by atoms with Gasteiger partial charge >= 0.3 is 12.2 Å². The van der Waals surface area contributed by atoms with Crippen molar-refractivity contribution < 1.29 is 43.0 Å². The summed E-state index contributed by atoms with van der Waals surface area (Å²) in [6.45, 7) is 6.57. The molecule has 4 atom stereocenters. The predicted molar refractivity (Wildman–Crippen MR) is 196 cm³/mol. The second kappa shape index (κ2) is 18.7. The standard InChI is InChI=1S/C37H49N7O9/c1-22(2)31(42-37(51)53-5)35(49)44-19-7-9-29(44)34(48)41-27-16-14-26(15-17-27)39-32(46)24-10-12-25(13-11-24)40-33(47)28-8-6-18-43(28)30(45)20-23(3)21-38-36(50)52-4/h10-17,22-23,28-29,31H,6-9,18-21H2,1-5H3,(H,38,50)(H,39,46)(H,40,47)(H,41,48)(H,42,51). The minimum atomic E-state index is -0.834. The highest BCUT2D eigenvalue weighted by Crippen LogP contribution is 2.24. The number of hydrogen-bond donors (Lipinski definition) is 5. The Bertz CT molecular complexity index is 1650. The highest BCUT2D eigenvalue weighted by atomic mass is 16.5. The zero-order valence-corrected chi connectivity index (χ0v) is 30.7. The van der Waals surface area contributed by atoms with Gasteiger partial charge in [-0.1, -0.05) is 20.8 Å². The molecule has 0 aliphatic carbocycles. The summed E-state index contributed by atoms with van der Waals surface area (Å²) in [6.07, 6.45) is 1.24. The van der Waals surface area contributed by atoms with E-state index in [-0.39, 0.29) is 54.3 Å². The Labute approximate surface area is 308 Å². The lowest BCUT2D eigenvalue weighted by atomic mass is 10.0. The number of amides is 7. The van der Waals surface area contributed by atoms with Crippen LogP contribution in [-0.4, -0.2) is 104 Å². The highest BCUT2D eigenvalue weighted by Gasteiger charge is 2.39. The van der Waals surface area contributed by atoms with E-state index in [9.17, 15) is 33.6 Å². The Hall–Kier alpha value is -5.67. The van der Waals surface area contributed by atoms with E-state index in [2.05, 4.69) is 36.1 Å². The first-order valence-corrected chi connectivity index (χ1v) is 17.7. The Kier molecular flexibility index (Phi) is 14.2. The molecular formula is C37H49N7O9. The van der Waals surface area contributed by atoms with Gasteiger partial charge in [-0.2, -0.15) is 0 Å². The third-order valence-electron chi connectivity index (χ3n) is 9.23. The number of benzene rings is 2. The summed E-state index contributed by atoms with van der Waals surface area (Å²) < 4.78 is 9.22. The third kappa shape index (κ3) is 10.9. The lowest BCUT2D eigenvalue weighted by molar-refractivity contribution is -0.139. The summed E-state index contributed by atoms with van der Waals surface area (Å²) in [4.78, 5) is 91.7. The molecule has 0 bridgehead atoms. The minimum Gasteiger partial charge on any atom is -0.453 e. The van der Waals surface area contributed by atoms with E-state index >= 15 is 0 Å². The van der Waals surface area contributed by atoms with Crippen LogP contribution in [0.3, 0.4) is 0 Å². The van der Waals surface area contributed by atoms with Gasteiger partial charge in [0, 0.05) is 48.7 Å². The van der Waals surface area contributed by atoms with E-state index in [0.29, 0.717) is 61.4 Å². The largest absolute Gasteiger partial charge is 0.453 e. The first-order valence-electron chi connectivity index (χ1n) is 17.7. The number of alkyl carbamates (subject to hydrolysis) is 2. The third-order valence-corrected chi connectivity index (χ3v) is 9.23. The molecule has 0 aromatic heterocycles. The number of anilines is 3. The van der Waals surface area contributed by atoms with Gasteiger partial charge in [0.05, 0.1) is 14.2 Å². The first kappa shape index (κ1) is 40.1. The molecular weight excluding hydrogens is 686 g/mol. The van der Waals surface area contributed by atoms with E-state index < -0.39 is 30.3 Å². The number of methoxy groups -OCH3 is 2. The number of nitrogens with zero attached hydrogens (tertiary/aromatic N) is 2. The SMILES string of the molecule is COC(=O)NCC(C)CC(=O)N1CCCC1C(=O)Nc1ccc(C(=O)Nc2ccc(NC(=O)C3CCCN3C(=O)C(NC(=O)OC)C(C)C)cc2)cc1. The summed E-state index contributed by atoms with van der Waals surface area (Å²) in [7, 11) is 2.49. The number of carbonyl (C=O) groups is 7. The van der Waals surface area contributed by atoms with Crippen LogP contribution < -0.4 is 26.6 Å². The second-order valence-electron chi connectivity index (χ2n) is 13.6. The molecule has 0 spiro atoms. The van der Waals surface area contributed by atoms with Crippen LogP contribution in [0.4, 0.5) is 26.7 Å². The topological polar surface area (TPSA) is 205 Å². The Balaban J connectivity index is 1.27. The molecule has 286 valence electrons. The molecule has 0 saturated carbocycles. The van der Waals surface area contributed by atoms with Crippen molar-refractivity contribution in [1.82, 2.24) is 20.4 Å². The number of hydrogen-bond acceptors (Lipinski definition) is 9. The molecule has 16 heteroatoms. The average molecular weight is 736 g/mol. The maximum atomic E-state index is 13.3. The van der Waals surface area contributed by atoms with E-state index in [1.54, 1.807) is 67.3 Å². The van der Waals surface area contributed by atoms with Gasteiger partial charge in [0.25, 0.3) is 5.91 Å². The van der Waals surface area contributed by atoms with Gasteiger partial charge in [-0.3, -0.25) is 24.0 Å². The molecule has 7 amide bonds. The quantitative estimate of drug-likeness (QED) is 0.204. The fourth-order valence-corrected chi connectivity index (χ4v) is 6.33. The normalized spacial score (nSPS) is 17.7. The van der Waals surface area contributed by atoms with Gasteiger partial charge in [-0.25, -0.2) is 9.59 Å². The van der Waals surface area contributed by atoms with Crippen molar-refractivity contribution in [1.29, 1.82) is 0 Å². The van der Waals surface area contributed by atoms with E-state index in [1.807, 2.05) is 6.92 Å². The van der Waals surface area contributed by atoms with Crippen molar-refractivity contribution >= 4 is 58.8 Å². The fraction of sp³-hybridized carbons (Fsp3) is 0.486. The Morgan fingerprint density at radius 1 is 0.698 bits per heavy atom. The molecule has 4 unspecified atom stereocenters. The first-order chi connectivity index (χ1) is 25.3. The van der Waals surface area contributed by atoms with Gasteiger partial charge in [0.2, 0.25) is 23.6 Å². The zero-order chi connectivity index (χ0) is 38.7. The van der Waals surface area contributed by atoms with Gasteiger partial charge < -0.3 is 45.9 Å². The average Bonchev–Trinajstić information content (AvgIpc) is 3.85. The van der Waals surface area contributed by atoms with E-state index in [0.717, 1.165) is 0 Å². The van der Waals surface area contributed by atoms with Gasteiger partial charge in [0.1, 0.15) is 18.1 Å². The highest BCUT2D eigenvalue weighted by molar-refractivity contribution is 6.05. The van der Waals surface area contributed by atoms with Gasteiger partial charge in [0.15, 0.2) is 0 Å². The molecule has 2 fully saturated rings. The van der Waals surface area contributed by atoms with Crippen molar-refractivity contribution in [3.05, 3.63) is 54.1 Å². The number of ether oxygens (including phenoxy) is 2. The van der Waals surface area contributed by atoms with Crippen molar-refractivity contribution in [2.75, 3.05) is 49.8 Å². The molecule has 2 saturated heterocycles. The van der Waals surface area contributed by atoms with Crippen LogP contribution in [0.15, 0.2) is 48.5 Å². The molecule has 2 aromatic rings. The van der Waals surface area contributed by atoms with Crippen molar-refractivity contribution in [2.45, 2.75) is 71.0 Å². The molecule has 16 nitrogen and oxygen atoms in total. The van der Waals surface area contributed by atoms with Gasteiger partial charge in [-0.15, -0.1) is 0 Å². The van der Waals surface area contributed by atoms with Crippen LogP contribution in [0.2, 0.25) is 0 Å². The molecule has 2 aliphatic rings. The lowest BCUT2D eigenvalue weighted by Crippen LogP contribution is -2.54. The molecule has 53 heavy (non-hydrogen) atoms. The number of nitrogens with one attached hydrogen (secondary N) is 5. The Morgan fingerprint density at radius 3 is 1.72 bits per heavy atom. The Morgan fingerprint density at radius 2 is 1.19 bits per heavy atom. The summed E-state index contributed by atoms with van der Waals surface area (Å²) in [6, 6.07) is 10.8. The molecule has 5 N–H and O–H groups in total. The predicted octanol–water partition coefficient (Wildman–Crippen LogP) is 3.56. The summed E-state index contributed by atoms with van der Waals surface area (Å²) in [5.41, 5.74) is 1.79.